The van der Waals surface area contributed by atoms with E-state index >= 15 is 0 Å². The van der Waals surface area contributed by atoms with Gasteiger partial charge in [0.15, 0.2) is 11.6 Å². The van der Waals surface area contributed by atoms with Gasteiger partial charge in [-0.1, -0.05) is 29.9 Å². The zero-order chi connectivity index (χ0) is 20.8. The Balaban J connectivity index is 0.00000320. The fourth-order valence-corrected chi connectivity index (χ4v) is 3.59. The third-order valence-electron chi connectivity index (χ3n) is 3.94. The van der Waals surface area contributed by atoms with Crippen molar-refractivity contribution in [1.29, 1.82) is 0 Å². The van der Waals surface area contributed by atoms with E-state index in [0.717, 1.165) is 17.7 Å². The van der Waals surface area contributed by atoms with Crippen LogP contribution < -0.4 is 15.2 Å². The molecule has 30 heavy (non-hydrogen) atoms. The van der Waals surface area contributed by atoms with E-state index in [1.807, 2.05) is 31.2 Å². The minimum atomic E-state index is -0.600. The molecule has 10 heteroatoms. The van der Waals surface area contributed by atoms with Gasteiger partial charge >= 0.3 is 0 Å². The molecule has 1 heterocycles. The van der Waals surface area contributed by atoms with E-state index in [1.54, 1.807) is 0 Å². The fourth-order valence-electron chi connectivity index (χ4n) is 2.41. The summed E-state index contributed by atoms with van der Waals surface area (Å²) in [5, 5.41) is 18.7. The predicted octanol–water partition coefficient (Wildman–Crippen LogP) is 4.57. The van der Waals surface area contributed by atoms with Crippen molar-refractivity contribution in [2.45, 2.75) is 19.4 Å². The molecule has 0 spiro atoms. The van der Waals surface area contributed by atoms with Crippen LogP contribution in [0, 0.1) is 5.82 Å². The SMILES string of the molecule is CCCOc1ccc(-c2nnc(-c3cc(F)c(OC[C@H](N)CO)cc3Cl)s2)cc1.Cl. The van der Waals surface area contributed by atoms with Crippen LogP contribution in [0.2, 0.25) is 5.02 Å². The lowest BCUT2D eigenvalue weighted by Crippen LogP contribution is -2.31. The molecule has 0 aliphatic rings. The second-order valence-corrected chi connectivity index (χ2v) is 7.69. The van der Waals surface area contributed by atoms with Gasteiger partial charge < -0.3 is 20.3 Å². The Kier molecular flexibility index (Phi) is 9.26. The van der Waals surface area contributed by atoms with E-state index in [1.165, 1.54) is 23.5 Å². The van der Waals surface area contributed by atoms with Gasteiger partial charge in [-0.3, -0.25) is 0 Å². The summed E-state index contributed by atoms with van der Waals surface area (Å²) in [4.78, 5) is 0. The highest BCUT2D eigenvalue weighted by atomic mass is 35.5. The largest absolute Gasteiger partial charge is 0.494 e. The number of benzene rings is 2. The molecule has 1 aromatic heterocycles. The summed E-state index contributed by atoms with van der Waals surface area (Å²) in [6.07, 6.45) is 0.941. The summed E-state index contributed by atoms with van der Waals surface area (Å²) in [7, 11) is 0. The first-order valence-corrected chi connectivity index (χ1v) is 10.3. The van der Waals surface area contributed by atoms with Crippen LogP contribution in [0.25, 0.3) is 21.1 Å². The lowest BCUT2D eigenvalue weighted by atomic mass is 10.2. The summed E-state index contributed by atoms with van der Waals surface area (Å²) in [6, 6.07) is 9.59. The van der Waals surface area contributed by atoms with Crippen LogP contribution in [-0.4, -0.2) is 41.2 Å². The molecule has 0 saturated carbocycles. The highest BCUT2D eigenvalue weighted by molar-refractivity contribution is 7.18. The number of aliphatic hydroxyl groups is 1. The maximum atomic E-state index is 14.4. The zero-order valence-electron chi connectivity index (χ0n) is 16.2. The average molecular weight is 474 g/mol. The molecule has 0 amide bonds. The lowest BCUT2D eigenvalue weighted by Gasteiger charge is -2.12. The minimum Gasteiger partial charge on any atom is -0.494 e. The van der Waals surface area contributed by atoms with Gasteiger partial charge in [0, 0.05) is 17.2 Å². The predicted molar refractivity (Wildman–Crippen MR) is 119 cm³/mol. The second kappa shape index (κ2) is 11.4. The fraction of sp³-hybridized carbons (Fsp3) is 0.300. The summed E-state index contributed by atoms with van der Waals surface area (Å²) in [5.41, 5.74) is 6.87. The molecular weight excluding hydrogens is 452 g/mol. The molecule has 0 fully saturated rings. The van der Waals surface area contributed by atoms with Gasteiger partial charge in [0.1, 0.15) is 22.4 Å². The third-order valence-corrected chi connectivity index (χ3v) is 5.26. The van der Waals surface area contributed by atoms with Gasteiger partial charge in [0.05, 0.1) is 24.3 Å². The standard InChI is InChI=1S/C20H21ClFN3O3S.ClH/c1-2-7-27-14-5-3-12(4-6-14)19-24-25-20(29-19)15-8-17(22)18(9-16(15)21)28-11-13(23)10-26;/h3-6,8-9,13,26H,2,7,10-11,23H2,1H3;1H/t13-;/m1./s1. The Labute approximate surface area is 189 Å². The Hall–Kier alpha value is -1.97. The van der Waals surface area contributed by atoms with Crippen LogP contribution in [0.4, 0.5) is 4.39 Å². The molecule has 6 nitrogen and oxygen atoms in total. The number of aromatic nitrogens is 2. The summed E-state index contributed by atoms with van der Waals surface area (Å²) in [6.45, 7) is 2.43. The number of nitrogens with two attached hydrogens (primary N) is 1. The van der Waals surface area contributed by atoms with E-state index in [0.29, 0.717) is 22.2 Å². The van der Waals surface area contributed by atoms with E-state index in [9.17, 15) is 4.39 Å². The van der Waals surface area contributed by atoms with Gasteiger partial charge in [-0.05, 0) is 36.8 Å². The molecule has 0 bridgehead atoms. The highest BCUT2D eigenvalue weighted by Gasteiger charge is 2.16. The highest BCUT2D eigenvalue weighted by Crippen LogP contribution is 2.37. The number of nitrogens with zero attached hydrogens (tertiary/aromatic N) is 2. The summed E-state index contributed by atoms with van der Waals surface area (Å²) >= 11 is 7.61. The van der Waals surface area contributed by atoms with Crippen LogP contribution in [0.3, 0.4) is 0 Å². The number of rotatable bonds is 9. The molecule has 3 N–H and O–H groups in total. The Morgan fingerprint density at radius 1 is 1.17 bits per heavy atom. The molecule has 3 aromatic rings. The summed E-state index contributed by atoms with van der Waals surface area (Å²) < 4.78 is 25.3. The van der Waals surface area contributed by atoms with E-state index < -0.39 is 11.9 Å². The van der Waals surface area contributed by atoms with Crippen LogP contribution in [0.5, 0.6) is 11.5 Å². The molecule has 0 unspecified atom stereocenters. The van der Waals surface area contributed by atoms with Gasteiger partial charge in [-0.25, -0.2) is 4.39 Å². The number of ether oxygens (including phenoxy) is 2. The number of hydrogen-bond donors (Lipinski definition) is 2. The maximum absolute atomic E-state index is 14.4. The van der Waals surface area contributed by atoms with Crippen molar-refractivity contribution in [2.24, 2.45) is 5.73 Å². The van der Waals surface area contributed by atoms with Crippen molar-refractivity contribution in [2.75, 3.05) is 19.8 Å². The van der Waals surface area contributed by atoms with Crippen molar-refractivity contribution >= 4 is 35.3 Å². The normalized spacial score (nSPS) is 11.6. The van der Waals surface area contributed by atoms with Crippen molar-refractivity contribution in [1.82, 2.24) is 10.2 Å². The number of halogens is 3. The first kappa shape index (κ1) is 24.3. The molecule has 0 radical (unpaired) electrons. The Morgan fingerprint density at radius 2 is 1.87 bits per heavy atom. The quantitative estimate of drug-likeness (QED) is 0.472. The molecule has 2 aromatic carbocycles. The Morgan fingerprint density at radius 3 is 2.53 bits per heavy atom. The van der Waals surface area contributed by atoms with Crippen LogP contribution in [0.1, 0.15) is 13.3 Å². The van der Waals surface area contributed by atoms with Crippen LogP contribution in [-0.2, 0) is 0 Å². The van der Waals surface area contributed by atoms with Crippen molar-refractivity contribution < 1.29 is 19.0 Å². The van der Waals surface area contributed by atoms with Crippen LogP contribution >= 0.6 is 35.3 Å². The smallest absolute Gasteiger partial charge is 0.165 e. The Bertz CT molecular complexity index is 957. The molecule has 1 atom stereocenters. The van der Waals surface area contributed by atoms with Crippen molar-refractivity contribution in [3.8, 4) is 32.6 Å². The molecule has 0 aliphatic carbocycles. The van der Waals surface area contributed by atoms with Gasteiger partial charge in [-0.2, -0.15) is 0 Å². The van der Waals surface area contributed by atoms with Gasteiger partial charge in [-0.15, -0.1) is 22.6 Å². The van der Waals surface area contributed by atoms with Crippen molar-refractivity contribution in [3.63, 3.8) is 0 Å². The van der Waals surface area contributed by atoms with E-state index in [2.05, 4.69) is 10.2 Å². The van der Waals surface area contributed by atoms with E-state index in [-0.39, 0.29) is 36.4 Å². The molecule has 3 rings (SSSR count). The monoisotopic (exact) mass is 473 g/mol. The third kappa shape index (κ3) is 6.02. The topological polar surface area (TPSA) is 90.5 Å². The minimum absolute atomic E-state index is 0. The molecule has 0 aliphatic heterocycles. The lowest BCUT2D eigenvalue weighted by molar-refractivity contribution is 0.202. The average Bonchev–Trinajstić information content (AvgIpc) is 3.22. The zero-order valence-corrected chi connectivity index (χ0v) is 18.6. The number of aliphatic hydroxyl groups excluding tert-OH is 1. The molecule has 0 saturated heterocycles. The van der Waals surface area contributed by atoms with Crippen molar-refractivity contribution in [3.05, 3.63) is 47.2 Å². The summed E-state index contributed by atoms with van der Waals surface area (Å²) in [5.74, 6) is 0.167. The molecular formula is C20H22Cl2FN3O3S. The van der Waals surface area contributed by atoms with Crippen LogP contribution in [0.15, 0.2) is 36.4 Å². The van der Waals surface area contributed by atoms with Gasteiger partial charge in [0.2, 0.25) is 0 Å². The maximum Gasteiger partial charge on any atom is 0.165 e. The van der Waals surface area contributed by atoms with E-state index in [4.69, 9.17) is 31.9 Å². The first-order valence-electron chi connectivity index (χ1n) is 9.07. The van der Waals surface area contributed by atoms with Gasteiger partial charge in [0.25, 0.3) is 0 Å². The second-order valence-electron chi connectivity index (χ2n) is 6.30. The molecule has 162 valence electrons. The first-order chi connectivity index (χ1) is 14.0. The number of hydrogen-bond acceptors (Lipinski definition) is 7.